The van der Waals surface area contributed by atoms with Crippen molar-refractivity contribution < 1.29 is 28.7 Å². The SMILES string of the molecule is CC(=O)N1CCN(C(=O)c2cccc(C)c2)C1C(=O)NC(CC(=O)O)c1ccc(F)cc1. The summed E-state index contributed by atoms with van der Waals surface area (Å²) in [6.45, 7) is 3.47. The van der Waals surface area contributed by atoms with Gasteiger partial charge in [-0.3, -0.25) is 19.2 Å². The van der Waals surface area contributed by atoms with E-state index < -0.39 is 42.2 Å². The zero-order valence-corrected chi connectivity index (χ0v) is 17.7. The maximum Gasteiger partial charge on any atom is 0.305 e. The summed E-state index contributed by atoms with van der Waals surface area (Å²) < 4.78 is 13.3. The van der Waals surface area contributed by atoms with E-state index in [0.717, 1.165) is 5.56 Å². The zero-order chi connectivity index (χ0) is 23.4. The molecule has 1 aliphatic rings. The molecular weight excluding hydrogens is 417 g/mol. The number of nitrogens with one attached hydrogen (secondary N) is 1. The van der Waals surface area contributed by atoms with Crippen molar-refractivity contribution in [3.05, 3.63) is 71.0 Å². The van der Waals surface area contributed by atoms with E-state index in [2.05, 4.69) is 5.32 Å². The van der Waals surface area contributed by atoms with Gasteiger partial charge in [0.2, 0.25) is 5.91 Å². The first-order valence-corrected chi connectivity index (χ1v) is 10.1. The quantitative estimate of drug-likeness (QED) is 0.714. The molecule has 0 radical (unpaired) electrons. The van der Waals surface area contributed by atoms with Crippen molar-refractivity contribution in [3.8, 4) is 0 Å². The summed E-state index contributed by atoms with van der Waals surface area (Å²) >= 11 is 0. The van der Waals surface area contributed by atoms with Gasteiger partial charge in [0.25, 0.3) is 11.8 Å². The average molecular weight is 441 g/mol. The van der Waals surface area contributed by atoms with Crippen LogP contribution < -0.4 is 5.32 Å². The fraction of sp³-hybridized carbons (Fsp3) is 0.304. The zero-order valence-electron chi connectivity index (χ0n) is 17.7. The number of hydrogen-bond donors (Lipinski definition) is 2. The lowest BCUT2D eigenvalue weighted by atomic mass is 10.0. The van der Waals surface area contributed by atoms with E-state index in [0.29, 0.717) is 11.1 Å². The van der Waals surface area contributed by atoms with E-state index in [1.54, 1.807) is 18.2 Å². The van der Waals surface area contributed by atoms with Gasteiger partial charge in [-0.15, -0.1) is 0 Å². The third kappa shape index (κ3) is 5.11. The third-order valence-electron chi connectivity index (χ3n) is 5.30. The number of carbonyl (C=O) groups excluding carboxylic acids is 3. The first-order valence-electron chi connectivity index (χ1n) is 10.1. The molecule has 1 saturated heterocycles. The summed E-state index contributed by atoms with van der Waals surface area (Å²) in [5, 5.41) is 11.9. The van der Waals surface area contributed by atoms with Crippen LogP contribution in [0, 0.1) is 12.7 Å². The molecule has 3 amide bonds. The second-order valence-electron chi connectivity index (χ2n) is 7.66. The number of rotatable bonds is 6. The number of aliphatic carboxylic acids is 1. The maximum atomic E-state index is 13.3. The molecule has 2 aromatic carbocycles. The lowest BCUT2D eigenvalue weighted by molar-refractivity contribution is -0.141. The number of carbonyl (C=O) groups is 4. The van der Waals surface area contributed by atoms with Gasteiger partial charge in [-0.2, -0.15) is 0 Å². The number of amides is 3. The van der Waals surface area contributed by atoms with Crippen molar-refractivity contribution in [3.63, 3.8) is 0 Å². The summed E-state index contributed by atoms with van der Waals surface area (Å²) in [6, 6.07) is 11.0. The summed E-state index contributed by atoms with van der Waals surface area (Å²) in [5.74, 6) is -3.14. The van der Waals surface area contributed by atoms with Gasteiger partial charge in [-0.25, -0.2) is 4.39 Å². The summed E-state index contributed by atoms with van der Waals surface area (Å²) in [4.78, 5) is 52.5. The molecule has 1 heterocycles. The number of hydrogen-bond acceptors (Lipinski definition) is 4. The molecule has 0 spiro atoms. The van der Waals surface area contributed by atoms with Gasteiger partial charge in [-0.1, -0.05) is 29.8 Å². The monoisotopic (exact) mass is 441 g/mol. The topological polar surface area (TPSA) is 107 Å². The highest BCUT2D eigenvalue weighted by atomic mass is 19.1. The van der Waals surface area contributed by atoms with Crippen LogP contribution in [0.25, 0.3) is 0 Å². The minimum atomic E-state index is -1.22. The number of aryl methyl sites for hydroxylation is 1. The Morgan fingerprint density at radius 2 is 1.75 bits per heavy atom. The van der Waals surface area contributed by atoms with Crippen LogP contribution in [0.1, 0.15) is 40.9 Å². The van der Waals surface area contributed by atoms with Crippen molar-refractivity contribution in [2.75, 3.05) is 13.1 Å². The highest BCUT2D eigenvalue weighted by Crippen LogP contribution is 2.22. The number of carboxylic acids is 1. The Hall–Kier alpha value is -3.75. The van der Waals surface area contributed by atoms with Crippen molar-refractivity contribution >= 4 is 23.7 Å². The van der Waals surface area contributed by atoms with E-state index in [-0.39, 0.29) is 19.0 Å². The fourth-order valence-corrected chi connectivity index (χ4v) is 3.77. The Morgan fingerprint density at radius 1 is 1.09 bits per heavy atom. The van der Waals surface area contributed by atoms with Gasteiger partial charge in [-0.05, 0) is 36.8 Å². The van der Waals surface area contributed by atoms with E-state index in [1.165, 1.54) is 41.0 Å². The van der Waals surface area contributed by atoms with Crippen molar-refractivity contribution in [1.29, 1.82) is 0 Å². The normalized spacial score (nSPS) is 16.5. The predicted octanol–water partition coefficient (Wildman–Crippen LogP) is 2.10. The Morgan fingerprint density at radius 3 is 2.34 bits per heavy atom. The first kappa shape index (κ1) is 22.9. The van der Waals surface area contributed by atoms with Crippen LogP contribution in [0.2, 0.25) is 0 Å². The largest absolute Gasteiger partial charge is 0.481 e. The standard InChI is InChI=1S/C23H24FN3O5/c1-14-4-3-5-17(12-14)23(32)27-11-10-26(15(2)28)22(27)21(31)25-19(13-20(29)30)16-6-8-18(24)9-7-16/h3-9,12,19,22H,10-11,13H2,1-2H3,(H,25,31)(H,29,30). The van der Waals surface area contributed by atoms with Crippen LogP contribution in [0.3, 0.4) is 0 Å². The Bertz CT molecular complexity index is 1040. The molecule has 32 heavy (non-hydrogen) atoms. The third-order valence-corrected chi connectivity index (χ3v) is 5.30. The number of benzene rings is 2. The van der Waals surface area contributed by atoms with Gasteiger partial charge < -0.3 is 20.2 Å². The number of halogens is 1. The average Bonchev–Trinajstić information content (AvgIpc) is 3.18. The molecule has 2 unspecified atom stereocenters. The smallest absolute Gasteiger partial charge is 0.305 e. The van der Waals surface area contributed by atoms with E-state index >= 15 is 0 Å². The molecule has 2 atom stereocenters. The van der Waals surface area contributed by atoms with Crippen molar-refractivity contribution in [2.24, 2.45) is 0 Å². The fourth-order valence-electron chi connectivity index (χ4n) is 3.77. The van der Waals surface area contributed by atoms with Gasteiger partial charge in [0.05, 0.1) is 12.5 Å². The molecular formula is C23H24FN3O5. The predicted molar refractivity (Wildman–Crippen MR) is 113 cm³/mol. The molecule has 1 fully saturated rings. The number of nitrogens with zero attached hydrogens (tertiary/aromatic N) is 2. The molecule has 8 nitrogen and oxygen atoms in total. The molecule has 0 aliphatic carbocycles. The van der Waals surface area contributed by atoms with Crippen molar-refractivity contribution in [2.45, 2.75) is 32.5 Å². The minimum absolute atomic E-state index is 0.157. The van der Waals surface area contributed by atoms with E-state index in [4.69, 9.17) is 0 Å². The molecule has 1 aliphatic heterocycles. The maximum absolute atomic E-state index is 13.3. The molecule has 2 aromatic rings. The lowest BCUT2D eigenvalue weighted by Gasteiger charge is -2.30. The van der Waals surface area contributed by atoms with Gasteiger partial charge >= 0.3 is 5.97 Å². The summed E-state index contributed by atoms with van der Waals surface area (Å²) in [5.41, 5.74) is 1.65. The molecule has 3 rings (SSSR count). The molecule has 0 aromatic heterocycles. The van der Waals surface area contributed by atoms with Crippen LogP contribution in [-0.4, -0.2) is 57.9 Å². The number of carboxylic acid groups (broad SMARTS) is 1. The molecule has 0 bridgehead atoms. The molecule has 9 heteroatoms. The highest BCUT2D eigenvalue weighted by molar-refractivity contribution is 5.99. The van der Waals surface area contributed by atoms with Crippen LogP contribution in [0.4, 0.5) is 4.39 Å². The van der Waals surface area contributed by atoms with Gasteiger partial charge in [0, 0.05) is 25.6 Å². The second kappa shape index (κ2) is 9.59. The summed E-state index contributed by atoms with van der Waals surface area (Å²) in [7, 11) is 0. The summed E-state index contributed by atoms with van der Waals surface area (Å²) in [6.07, 6.45) is -1.67. The van der Waals surface area contributed by atoms with E-state index in [1.807, 2.05) is 13.0 Å². The molecule has 0 saturated carbocycles. The minimum Gasteiger partial charge on any atom is -0.481 e. The Balaban J connectivity index is 1.89. The van der Waals surface area contributed by atoms with Crippen molar-refractivity contribution in [1.82, 2.24) is 15.1 Å². The lowest BCUT2D eigenvalue weighted by Crippen LogP contribution is -2.54. The van der Waals surface area contributed by atoms with Gasteiger partial charge in [0.15, 0.2) is 6.17 Å². The van der Waals surface area contributed by atoms with E-state index in [9.17, 15) is 28.7 Å². The highest BCUT2D eigenvalue weighted by Gasteiger charge is 2.42. The van der Waals surface area contributed by atoms with Crippen LogP contribution in [-0.2, 0) is 14.4 Å². The van der Waals surface area contributed by atoms with Crippen LogP contribution >= 0.6 is 0 Å². The Labute approximate surface area is 184 Å². The Kier molecular flexibility index (Phi) is 6.87. The first-order chi connectivity index (χ1) is 15.2. The molecule has 2 N–H and O–H groups in total. The van der Waals surface area contributed by atoms with Gasteiger partial charge in [0.1, 0.15) is 5.82 Å². The van der Waals surface area contributed by atoms with Crippen LogP contribution in [0.5, 0.6) is 0 Å². The molecule has 168 valence electrons. The van der Waals surface area contributed by atoms with Crippen LogP contribution in [0.15, 0.2) is 48.5 Å². The second-order valence-corrected chi connectivity index (χ2v) is 7.66.